The molecule has 1 amide bonds. The highest BCUT2D eigenvalue weighted by Crippen LogP contribution is 2.17. The first-order chi connectivity index (χ1) is 12.1. The lowest BCUT2D eigenvalue weighted by Crippen LogP contribution is -2.12. The van der Waals surface area contributed by atoms with Crippen molar-refractivity contribution in [2.45, 2.75) is 13.5 Å². The third kappa shape index (κ3) is 4.90. The summed E-state index contributed by atoms with van der Waals surface area (Å²) >= 11 is 3.39. The normalized spacial score (nSPS) is 10.3. The molecular formula is C20H18BrN3O. The Morgan fingerprint density at radius 2 is 1.92 bits per heavy atom. The minimum Gasteiger partial charge on any atom is -0.366 e. The van der Waals surface area contributed by atoms with E-state index in [1.54, 1.807) is 12.3 Å². The van der Waals surface area contributed by atoms with E-state index >= 15 is 0 Å². The maximum atomic E-state index is 12.3. The van der Waals surface area contributed by atoms with Gasteiger partial charge in [-0.05, 0) is 42.8 Å². The van der Waals surface area contributed by atoms with Crippen LogP contribution in [0.5, 0.6) is 0 Å². The molecule has 0 aliphatic rings. The minimum absolute atomic E-state index is 0.184. The average molecular weight is 396 g/mol. The monoisotopic (exact) mass is 395 g/mol. The summed E-state index contributed by atoms with van der Waals surface area (Å²) in [6, 6.07) is 19.4. The summed E-state index contributed by atoms with van der Waals surface area (Å²) in [6.07, 6.45) is 1.58. The zero-order valence-corrected chi connectivity index (χ0v) is 15.4. The van der Waals surface area contributed by atoms with E-state index in [0.29, 0.717) is 12.1 Å². The van der Waals surface area contributed by atoms with E-state index in [2.05, 4.69) is 56.7 Å². The van der Waals surface area contributed by atoms with Crippen LogP contribution < -0.4 is 10.6 Å². The van der Waals surface area contributed by atoms with Crippen molar-refractivity contribution in [1.82, 2.24) is 4.98 Å². The molecule has 126 valence electrons. The molecule has 1 aromatic heterocycles. The van der Waals surface area contributed by atoms with Crippen LogP contribution in [0.15, 0.2) is 71.3 Å². The molecule has 0 spiro atoms. The fourth-order valence-electron chi connectivity index (χ4n) is 2.42. The summed E-state index contributed by atoms with van der Waals surface area (Å²) in [4.78, 5) is 16.6. The van der Waals surface area contributed by atoms with Gasteiger partial charge in [0, 0.05) is 22.9 Å². The molecule has 0 aliphatic carbocycles. The molecular weight excluding hydrogens is 378 g/mol. The van der Waals surface area contributed by atoms with Crippen LogP contribution in [0.1, 0.15) is 21.5 Å². The minimum atomic E-state index is -0.184. The van der Waals surface area contributed by atoms with Gasteiger partial charge in [-0.2, -0.15) is 0 Å². The SMILES string of the molecule is Cc1cccc(CNc2ccc(C(=O)Nc3cccc(Br)c3)cn2)c1. The fraction of sp³-hybridized carbons (Fsp3) is 0.100. The first kappa shape index (κ1) is 17.2. The van der Waals surface area contributed by atoms with E-state index in [9.17, 15) is 4.79 Å². The number of carbonyl (C=O) groups is 1. The average Bonchev–Trinajstić information content (AvgIpc) is 2.60. The maximum absolute atomic E-state index is 12.3. The molecule has 2 aromatic carbocycles. The Hall–Kier alpha value is -2.66. The zero-order chi connectivity index (χ0) is 17.6. The van der Waals surface area contributed by atoms with Gasteiger partial charge in [-0.15, -0.1) is 0 Å². The highest BCUT2D eigenvalue weighted by molar-refractivity contribution is 9.10. The predicted molar refractivity (Wildman–Crippen MR) is 105 cm³/mol. The van der Waals surface area contributed by atoms with Crippen LogP contribution in [0.2, 0.25) is 0 Å². The molecule has 0 aliphatic heterocycles. The number of benzene rings is 2. The number of amides is 1. The third-order valence-electron chi connectivity index (χ3n) is 3.66. The molecule has 1 heterocycles. The van der Waals surface area contributed by atoms with Crippen LogP contribution in [0.25, 0.3) is 0 Å². The Balaban J connectivity index is 1.60. The second-order valence-electron chi connectivity index (χ2n) is 5.74. The van der Waals surface area contributed by atoms with Crippen LogP contribution in [0.3, 0.4) is 0 Å². The second-order valence-corrected chi connectivity index (χ2v) is 6.65. The number of nitrogens with zero attached hydrogens (tertiary/aromatic N) is 1. The van der Waals surface area contributed by atoms with Crippen molar-refractivity contribution in [3.63, 3.8) is 0 Å². The molecule has 4 nitrogen and oxygen atoms in total. The van der Waals surface area contributed by atoms with Gasteiger partial charge in [0.2, 0.25) is 0 Å². The molecule has 0 saturated heterocycles. The Morgan fingerprint density at radius 3 is 2.64 bits per heavy atom. The molecule has 0 bridgehead atoms. The van der Waals surface area contributed by atoms with Gasteiger partial charge in [-0.1, -0.05) is 51.8 Å². The van der Waals surface area contributed by atoms with Gasteiger partial charge in [-0.3, -0.25) is 4.79 Å². The van der Waals surface area contributed by atoms with E-state index in [4.69, 9.17) is 0 Å². The highest BCUT2D eigenvalue weighted by Gasteiger charge is 2.07. The first-order valence-corrected chi connectivity index (χ1v) is 8.72. The third-order valence-corrected chi connectivity index (χ3v) is 4.16. The number of hydrogen-bond acceptors (Lipinski definition) is 3. The summed E-state index contributed by atoms with van der Waals surface area (Å²) in [5.41, 5.74) is 3.67. The van der Waals surface area contributed by atoms with Crippen LogP contribution in [0, 0.1) is 6.92 Å². The molecule has 0 radical (unpaired) electrons. The van der Waals surface area contributed by atoms with Gasteiger partial charge in [0.05, 0.1) is 5.56 Å². The molecule has 0 fully saturated rings. The summed E-state index contributed by atoms with van der Waals surface area (Å²) < 4.78 is 0.916. The molecule has 3 aromatic rings. The standard InChI is InChI=1S/C20H18BrN3O/c1-14-4-2-5-15(10-14)12-22-19-9-8-16(13-23-19)20(25)24-18-7-3-6-17(21)11-18/h2-11,13H,12H2,1H3,(H,22,23)(H,24,25). The Bertz CT molecular complexity index is 878. The van der Waals surface area contributed by atoms with Crippen molar-refractivity contribution >= 4 is 33.3 Å². The smallest absolute Gasteiger partial charge is 0.257 e. The van der Waals surface area contributed by atoms with Crippen LogP contribution in [-0.4, -0.2) is 10.9 Å². The van der Waals surface area contributed by atoms with Gasteiger partial charge in [0.15, 0.2) is 0 Å². The van der Waals surface area contributed by atoms with Gasteiger partial charge >= 0.3 is 0 Å². The zero-order valence-electron chi connectivity index (χ0n) is 13.8. The summed E-state index contributed by atoms with van der Waals surface area (Å²) in [7, 11) is 0. The molecule has 3 rings (SSSR count). The number of anilines is 2. The van der Waals surface area contributed by atoms with E-state index in [0.717, 1.165) is 16.0 Å². The lowest BCUT2D eigenvalue weighted by molar-refractivity contribution is 0.102. The second kappa shape index (κ2) is 7.94. The number of aryl methyl sites for hydroxylation is 1. The van der Waals surface area contributed by atoms with E-state index in [1.165, 1.54) is 11.1 Å². The van der Waals surface area contributed by atoms with Gasteiger partial charge in [0.1, 0.15) is 5.82 Å². The van der Waals surface area contributed by atoms with Crippen molar-refractivity contribution in [2.75, 3.05) is 10.6 Å². The number of halogens is 1. The number of rotatable bonds is 5. The van der Waals surface area contributed by atoms with Crippen LogP contribution >= 0.6 is 15.9 Å². The number of pyridine rings is 1. The maximum Gasteiger partial charge on any atom is 0.257 e. The van der Waals surface area contributed by atoms with Crippen LogP contribution in [-0.2, 0) is 6.54 Å². The van der Waals surface area contributed by atoms with E-state index in [-0.39, 0.29) is 5.91 Å². The lowest BCUT2D eigenvalue weighted by atomic mass is 10.1. The summed E-state index contributed by atoms with van der Waals surface area (Å²) in [5.74, 6) is 0.552. The van der Waals surface area contributed by atoms with Gasteiger partial charge in [-0.25, -0.2) is 4.98 Å². The quantitative estimate of drug-likeness (QED) is 0.637. The van der Waals surface area contributed by atoms with E-state index < -0.39 is 0 Å². The molecule has 0 atom stereocenters. The summed E-state index contributed by atoms with van der Waals surface area (Å²) in [5, 5.41) is 6.12. The topological polar surface area (TPSA) is 54.0 Å². The number of carbonyl (C=O) groups excluding carboxylic acids is 1. The van der Waals surface area contributed by atoms with Crippen molar-refractivity contribution < 1.29 is 4.79 Å². The Kier molecular flexibility index (Phi) is 5.46. The number of hydrogen-bond donors (Lipinski definition) is 2. The highest BCUT2D eigenvalue weighted by atomic mass is 79.9. The van der Waals surface area contributed by atoms with Gasteiger partial charge in [0.25, 0.3) is 5.91 Å². The van der Waals surface area contributed by atoms with Crippen molar-refractivity contribution in [1.29, 1.82) is 0 Å². The Morgan fingerprint density at radius 1 is 1.08 bits per heavy atom. The van der Waals surface area contributed by atoms with Crippen molar-refractivity contribution in [3.05, 3.63) is 88.0 Å². The number of aromatic nitrogens is 1. The number of nitrogens with one attached hydrogen (secondary N) is 2. The predicted octanol–water partition coefficient (Wildman–Crippen LogP) is 5.02. The lowest BCUT2D eigenvalue weighted by Gasteiger charge is -2.08. The van der Waals surface area contributed by atoms with E-state index in [1.807, 2.05) is 36.4 Å². The Labute approximate surface area is 155 Å². The van der Waals surface area contributed by atoms with Gasteiger partial charge < -0.3 is 10.6 Å². The van der Waals surface area contributed by atoms with Crippen molar-refractivity contribution in [3.8, 4) is 0 Å². The first-order valence-electron chi connectivity index (χ1n) is 7.92. The molecule has 0 unspecified atom stereocenters. The molecule has 0 saturated carbocycles. The van der Waals surface area contributed by atoms with Crippen LogP contribution in [0.4, 0.5) is 11.5 Å². The molecule has 2 N–H and O–H groups in total. The molecule has 5 heteroatoms. The van der Waals surface area contributed by atoms with Crippen molar-refractivity contribution in [2.24, 2.45) is 0 Å². The fourth-order valence-corrected chi connectivity index (χ4v) is 2.82. The largest absolute Gasteiger partial charge is 0.366 e. The summed E-state index contributed by atoms with van der Waals surface area (Å²) in [6.45, 7) is 2.76. The molecule has 25 heavy (non-hydrogen) atoms.